The van der Waals surface area contributed by atoms with Crippen molar-refractivity contribution in [3.8, 4) is 0 Å². The zero-order valence-corrected chi connectivity index (χ0v) is 8.32. The Hall–Kier alpha value is -1.64. The maximum absolute atomic E-state index is 11.8. The molecule has 2 aliphatic rings. The first-order chi connectivity index (χ1) is 7.27. The third kappa shape index (κ3) is 1.12. The Bertz CT molecular complexity index is 465. The number of carbonyl (C=O) groups is 2. The second-order valence-electron chi connectivity index (χ2n) is 4.03. The molecule has 2 heterocycles. The van der Waals surface area contributed by atoms with Crippen molar-refractivity contribution in [3.05, 3.63) is 29.3 Å². The van der Waals surface area contributed by atoms with Gasteiger partial charge in [0.1, 0.15) is 0 Å². The average molecular weight is 201 g/mol. The minimum atomic E-state index is 0.0899. The molecular weight excluding hydrogens is 190 g/mol. The molecule has 1 amide bonds. The van der Waals surface area contributed by atoms with Gasteiger partial charge in [0, 0.05) is 24.9 Å². The highest BCUT2D eigenvalue weighted by molar-refractivity contribution is 6.11. The second-order valence-corrected chi connectivity index (χ2v) is 4.03. The number of hydrogen-bond donors (Lipinski definition) is 0. The van der Waals surface area contributed by atoms with Gasteiger partial charge in [-0.05, 0) is 18.1 Å². The fourth-order valence-corrected chi connectivity index (χ4v) is 2.42. The fourth-order valence-electron chi connectivity index (χ4n) is 2.42. The third-order valence-electron chi connectivity index (χ3n) is 3.16. The quantitative estimate of drug-likeness (QED) is 0.638. The molecule has 0 atom stereocenters. The molecule has 3 rings (SSSR count). The minimum absolute atomic E-state index is 0.0899. The van der Waals surface area contributed by atoms with E-state index in [0.29, 0.717) is 12.8 Å². The number of para-hydroxylation sites is 1. The van der Waals surface area contributed by atoms with Crippen molar-refractivity contribution in [3.63, 3.8) is 0 Å². The molecule has 0 aromatic heterocycles. The molecule has 2 aliphatic heterocycles. The Morgan fingerprint density at radius 1 is 1.07 bits per heavy atom. The molecule has 3 nitrogen and oxygen atoms in total. The molecule has 0 bridgehead atoms. The number of Topliss-reactive ketones (excluding diaryl/α,β-unsaturated/α-hetero) is 1. The lowest BCUT2D eigenvalue weighted by atomic mass is 10.0. The molecule has 15 heavy (non-hydrogen) atoms. The van der Waals surface area contributed by atoms with Crippen molar-refractivity contribution >= 4 is 17.4 Å². The van der Waals surface area contributed by atoms with Crippen molar-refractivity contribution in [2.45, 2.75) is 19.3 Å². The van der Waals surface area contributed by atoms with Gasteiger partial charge in [-0.1, -0.05) is 12.1 Å². The van der Waals surface area contributed by atoms with Crippen LogP contribution in [-0.4, -0.2) is 18.2 Å². The number of anilines is 1. The summed E-state index contributed by atoms with van der Waals surface area (Å²) in [6.45, 7) is 0.735. The molecule has 0 radical (unpaired) electrons. The van der Waals surface area contributed by atoms with E-state index in [1.807, 2.05) is 18.2 Å². The first-order valence-electron chi connectivity index (χ1n) is 5.23. The minimum Gasteiger partial charge on any atom is -0.311 e. The van der Waals surface area contributed by atoms with Crippen LogP contribution in [0.4, 0.5) is 5.69 Å². The van der Waals surface area contributed by atoms with Gasteiger partial charge in [-0.25, -0.2) is 0 Å². The molecule has 0 N–H and O–H groups in total. The monoisotopic (exact) mass is 201 g/mol. The maximum Gasteiger partial charge on any atom is 0.227 e. The van der Waals surface area contributed by atoms with Crippen molar-refractivity contribution in [2.75, 3.05) is 11.4 Å². The highest BCUT2D eigenvalue weighted by Gasteiger charge is 2.31. The number of carbonyl (C=O) groups excluding carboxylic acids is 2. The van der Waals surface area contributed by atoms with Crippen LogP contribution in [0.15, 0.2) is 18.2 Å². The van der Waals surface area contributed by atoms with Gasteiger partial charge in [0.2, 0.25) is 5.91 Å². The van der Waals surface area contributed by atoms with Crippen molar-refractivity contribution in [2.24, 2.45) is 0 Å². The topological polar surface area (TPSA) is 37.4 Å². The smallest absolute Gasteiger partial charge is 0.227 e. The van der Waals surface area contributed by atoms with Crippen LogP contribution in [0.1, 0.15) is 28.8 Å². The molecule has 1 aromatic rings. The van der Waals surface area contributed by atoms with E-state index in [2.05, 4.69) is 0 Å². The number of hydrogen-bond acceptors (Lipinski definition) is 2. The van der Waals surface area contributed by atoms with Gasteiger partial charge < -0.3 is 4.90 Å². The van der Waals surface area contributed by atoms with Gasteiger partial charge in [-0.3, -0.25) is 9.59 Å². The Morgan fingerprint density at radius 3 is 2.80 bits per heavy atom. The number of ketones is 1. The van der Waals surface area contributed by atoms with Crippen LogP contribution in [0.3, 0.4) is 0 Å². The molecule has 1 aromatic carbocycles. The Balaban J connectivity index is 2.27. The molecule has 0 aliphatic carbocycles. The van der Waals surface area contributed by atoms with E-state index in [1.165, 1.54) is 0 Å². The normalized spacial score (nSPS) is 19.1. The molecule has 0 saturated carbocycles. The maximum atomic E-state index is 11.8. The average Bonchev–Trinajstić information content (AvgIpc) is 2.63. The predicted octanol–water partition coefficient (Wildman–Crippen LogP) is 1.55. The number of nitrogens with zero attached hydrogens (tertiary/aromatic N) is 1. The lowest BCUT2D eigenvalue weighted by molar-refractivity contribution is -0.118. The number of rotatable bonds is 0. The van der Waals surface area contributed by atoms with Crippen molar-refractivity contribution in [1.29, 1.82) is 0 Å². The van der Waals surface area contributed by atoms with E-state index in [1.54, 1.807) is 4.90 Å². The van der Waals surface area contributed by atoms with Crippen LogP contribution < -0.4 is 4.90 Å². The van der Waals surface area contributed by atoms with Gasteiger partial charge in [-0.15, -0.1) is 0 Å². The van der Waals surface area contributed by atoms with Crippen LogP contribution in [0.2, 0.25) is 0 Å². The second kappa shape index (κ2) is 2.92. The van der Waals surface area contributed by atoms with Crippen LogP contribution in [0.5, 0.6) is 0 Å². The highest BCUT2D eigenvalue weighted by atomic mass is 16.2. The van der Waals surface area contributed by atoms with Crippen LogP contribution >= 0.6 is 0 Å². The summed E-state index contributed by atoms with van der Waals surface area (Å²) in [6.07, 6.45) is 1.58. The molecule has 0 fully saturated rings. The Labute approximate surface area is 87.7 Å². The van der Waals surface area contributed by atoms with Gasteiger partial charge >= 0.3 is 0 Å². The molecule has 0 spiro atoms. The predicted molar refractivity (Wildman–Crippen MR) is 56.1 cm³/mol. The molecular formula is C12H11NO2. The third-order valence-corrected chi connectivity index (χ3v) is 3.16. The molecule has 0 unspecified atom stereocenters. The SMILES string of the molecule is O=C1CCC(=O)N2CCc3cccc1c32. The summed E-state index contributed by atoms with van der Waals surface area (Å²) in [7, 11) is 0. The largest absolute Gasteiger partial charge is 0.311 e. The van der Waals surface area contributed by atoms with E-state index in [0.717, 1.165) is 29.8 Å². The first kappa shape index (κ1) is 8.65. The van der Waals surface area contributed by atoms with Crippen LogP contribution in [0.25, 0.3) is 0 Å². The standard InChI is InChI=1S/C12H11NO2/c14-10-4-5-11(15)13-7-6-8-2-1-3-9(10)12(8)13/h1-3H,4-7H2. The van der Waals surface area contributed by atoms with E-state index in [-0.39, 0.29) is 11.7 Å². The molecule has 76 valence electrons. The van der Waals surface area contributed by atoms with Crippen molar-refractivity contribution in [1.82, 2.24) is 0 Å². The van der Waals surface area contributed by atoms with Gasteiger partial charge in [-0.2, -0.15) is 0 Å². The van der Waals surface area contributed by atoms with Crippen molar-refractivity contribution < 1.29 is 9.59 Å². The summed E-state index contributed by atoms with van der Waals surface area (Å²) in [5.74, 6) is 0.191. The van der Waals surface area contributed by atoms with Gasteiger partial charge in [0.05, 0.1) is 5.69 Å². The van der Waals surface area contributed by atoms with E-state index in [9.17, 15) is 9.59 Å². The van der Waals surface area contributed by atoms with Gasteiger partial charge in [0.15, 0.2) is 5.78 Å². The zero-order valence-electron chi connectivity index (χ0n) is 8.32. The summed E-state index contributed by atoms with van der Waals surface area (Å²) < 4.78 is 0. The van der Waals surface area contributed by atoms with Crippen LogP contribution in [-0.2, 0) is 11.2 Å². The van der Waals surface area contributed by atoms with Gasteiger partial charge in [0.25, 0.3) is 0 Å². The fraction of sp³-hybridized carbons (Fsp3) is 0.333. The van der Waals surface area contributed by atoms with E-state index < -0.39 is 0 Å². The Morgan fingerprint density at radius 2 is 1.93 bits per heavy atom. The molecule has 0 saturated heterocycles. The number of benzene rings is 1. The van der Waals surface area contributed by atoms with E-state index >= 15 is 0 Å². The Kier molecular flexibility index (Phi) is 1.69. The lowest BCUT2D eigenvalue weighted by Crippen LogP contribution is -2.27. The summed E-state index contributed by atoms with van der Waals surface area (Å²) in [4.78, 5) is 25.3. The molecule has 3 heteroatoms. The first-order valence-corrected chi connectivity index (χ1v) is 5.23. The summed E-state index contributed by atoms with van der Waals surface area (Å²) >= 11 is 0. The van der Waals surface area contributed by atoms with E-state index in [4.69, 9.17) is 0 Å². The summed E-state index contributed by atoms with van der Waals surface area (Å²) in [6, 6.07) is 5.74. The zero-order chi connectivity index (χ0) is 10.4. The summed E-state index contributed by atoms with van der Waals surface area (Å²) in [5.41, 5.74) is 2.75. The number of amides is 1. The van der Waals surface area contributed by atoms with Crippen LogP contribution in [0, 0.1) is 0 Å². The lowest BCUT2D eigenvalue weighted by Gasteiger charge is -2.15. The highest BCUT2D eigenvalue weighted by Crippen LogP contribution is 2.35. The summed E-state index contributed by atoms with van der Waals surface area (Å²) in [5, 5.41) is 0.